The maximum Gasteiger partial charge on any atom is 0.123 e. The zero-order valence-corrected chi connectivity index (χ0v) is 18.7. The summed E-state index contributed by atoms with van der Waals surface area (Å²) in [6, 6.07) is 19.9. The van der Waals surface area contributed by atoms with Crippen LogP contribution in [0, 0.1) is 17.5 Å². The molecule has 3 aromatic rings. The fraction of sp³-hybridized carbons (Fsp3) is 0.280. The van der Waals surface area contributed by atoms with Crippen molar-refractivity contribution < 1.29 is 13.2 Å². The van der Waals surface area contributed by atoms with Crippen molar-refractivity contribution in [2.24, 2.45) is 0 Å². The van der Waals surface area contributed by atoms with Crippen molar-refractivity contribution >= 4 is 7.92 Å². The van der Waals surface area contributed by atoms with Gasteiger partial charge in [0.15, 0.2) is 0 Å². The van der Waals surface area contributed by atoms with Gasteiger partial charge in [0.2, 0.25) is 0 Å². The highest BCUT2D eigenvalue weighted by Gasteiger charge is 2.25. The highest BCUT2D eigenvalue weighted by Crippen LogP contribution is 2.40. The summed E-state index contributed by atoms with van der Waals surface area (Å²) in [5.41, 5.74) is 3.23. The quantitative estimate of drug-likeness (QED) is 0.449. The fourth-order valence-electron chi connectivity index (χ4n) is 3.94. The second-order valence-electron chi connectivity index (χ2n) is 8.22. The van der Waals surface area contributed by atoms with E-state index >= 15 is 0 Å². The van der Waals surface area contributed by atoms with Crippen molar-refractivity contribution in [3.05, 3.63) is 107 Å². The number of halogens is 3. The fourth-order valence-corrected chi connectivity index (χ4v) is 6.17. The molecule has 3 nitrogen and oxygen atoms in total. The lowest BCUT2D eigenvalue weighted by molar-refractivity contribution is 0.141. The molecule has 3 aromatic carbocycles. The van der Waals surface area contributed by atoms with E-state index in [0.717, 1.165) is 55.3 Å². The van der Waals surface area contributed by atoms with Crippen molar-refractivity contribution in [1.82, 2.24) is 15.1 Å². The molecule has 0 unspecified atom stereocenters. The lowest BCUT2D eigenvalue weighted by atomic mass is 10.2. The third-order valence-corrected chi connectivity index (χ3v) is 7.69. The largest absolute Gasteiger partial charge is 0.309 e. The van der Waals surface area contributed by atoms with Crippen LogP contribution in [0.15, 0.2) is 72.8 Å². The first-order valence-corrected chi connectivity index (χ1v) is 12.5. The van der Waals surface area contributed by atoms with Crippen molar-refractivity contribution in [1.29, 1.82) is 0 Å². The minimum absolute atomic E-state index is 0.224. The molecular formula is C25H27F3N3P. The van der Waals surface area contributed by atoms with Gasteiger partial charge in [-0.1, -0.05) is 44.3 Å². The predicted molar refractivity (Wildman–Crippen MR) is 124 cm³/mol. The van der Waals surface area contributed by atoms with Crippen molar-refractivity contribution in [3.63, 3.8) is 0 Å². The van der Waals surface area contributed by atoms with Crippen molar-refractivity contribution in [3.8, 4) is 0 Å². The minimum atomic E-state index is -0.339. The zero-order chi connectivity index (χ0) is 22.3. The maximum absolute atomic E-state index is 13.3. The summed E-state index contributed by atoms with van der Waals surface area (Å²) < 4.78 is 39.7. The molecule has 0 aliphatic carbocycles. The number of hydrogen-bond acceptors (Lipinski definition) is 3. The molecule has 1 aliphatic heterocycles. The van der Waals surface area contributed by atoms with Gasteiger partial charge in [-0.25, -0.2) is 13.2 Å². The lowest BCUT2D eigenvalue weighted by Gasteiger charge is -2.40. The van der Waals surface area contributed by atoms with E-state index in [2.05, 4.69) is 15.1 Å². The molecule has 0 radical (unpaired) electrons. The van der Waals surface area contributed by atoms with Crippen LogP contribution < -0.4 is 5.32 Å². The van der Waals surface area contributed by atoms with Gasteiger partial charge in [0.05, 0.1) is 6.67 Å². The Morgan fingerprint density at radius 1 is 0.625 bits per heavy atom. The normalized spacial score (nSPS) is 15.8. The Bertz CT molecular complexity index is 925. The second kappa shape index (κ2) is 11.1. The first-order chi connectivity index (χ1) is 15.5. The molecule has 1 aliphatic rings. The topological polar surface area (TPSA) is 18.5 Å². The highest BCUT2D eigenvalue weighted by atomic mass is 31.1. The van der Waals surface area contributed by atoms with Crippen LogP contribution >= 0.6 is 7.92 Å². The molecule has 0 spiro atoms. The van der Waals surface area contributed by atoms with E-state index in [9.17, 15) is 13.2 Å². The molecule has 1 saturated heterocycles. The van der Waals surface area contributed by atoms with Gasteiger partial charge < -0.3 is 5.32 Å². The molecule has 0 atom stereocenters. The number of nitrogens with one attached hydrogen (secondary N) is 1. The van der Waals surface area contributed by atoms with E-state index in [1.807, 2.05) is 24.3 Å². The van der Waals surface area contributed by atoms with Crippen LogP contribution in [0.25, 0.3) is 0 Å². The molecule has 1 heterocycles. The second-order valence-corrected chi connectivity index (χ2v) is 10.4. The summed E-state index contributed by atoms with van der Waals surface area (Å²) in [6.45, 7) is 3.04. The van der Waals surface area contributed by atoms with Crippen LogP contribution in [0.3, 0.4) is 0 Å². The Labute approximate surface area is 188 Å². The van der Waals surface area contributed by atoms with Gasteiger partial charge >= 0.3 is 0 Å². The number of rotatable bonds is 8. The maximum atomic E-state index is 13.3. The van der Waals surface area contributed by atoms with Crippen LogP contribution in [0.2, 0.25) is 0 Å². The Morgan fingerprint density at radius 3 is 1.47 bits per heavy atom. The van der Waals surface area contributed by atoms with Gasteiger partial charge in [0.25, 0.3) is 0 Å². The molecule has 1 N–H and O–H groups in total. The van der Waals surface area contributed by atoms with Gasteiger partial charge in [-0.2, -0.15) is 0 Å². The van der Waals surface area contributed by atoms with Gasteiger partial charge in [0, 0.05) is 38.5 Å². The van der Waals surface area contributed by atoms with Crippen LogP contribution in [-0.4, -0.2) is 35.3 Å². The molecule has 0 amide bonds. The molecular weight excluding hydrogens is 430 g/mol. The zero-order valence-electron chi connectivity index (χ0n) is 17.9. The lowest BCUT2D eigenvalue weighted by Crippen LogP contribution is -2.43. The third-order valence-electron chi connectivity index (χ3n) is 5.42. The Morgan fingerprint density at radius 2 is 1.03 bits per heavy atom. The van der Waals surface area contributed by atoms with E-state index in [4.69, 9.17) is 0 Å². The molecule has 1 fully saturated rings. The van der Waals surface area contributed by atoms with E-state index in [1.165, 1.54) is 36.4 Å². The number of hydrogen-bond donors (Lipinski definition) is 1. The van der Waals surface area contributed by atoms with E-state index in [-0.39, 0.29) is 25.4 Å². The molecule has 0 saturated carbocycles. The van der Waals surface area contributed by atoms with E-state index < -0.39 is 0 Å². The van der Waals surface area contributed by atoms with Crippen LogP contribution in [0.1, 0.15) is 16.7 Å². The Kier molecular flexibility index (Phi) is 7.93. The van der Waals surface area contributed by atoms with Crippen LogP contribution in [-0.2, 0) is 19.6 Å². The predicted octanol–water partition coefficient (Wildman–Crippen LogP) is 5.52. The average molecular weight is 457 g/mol. The van der Waals surface area contributed by atoms with Gasteiger partial charge in [0.1, 0.15) is 17.5 Å². The highest BCUT2D eigenvalue weighted by molar-refractivity contribution is 7.57. The van der Waals surface area contributed by atoms with Crippen molar-refractivity contribution in [2.75, 3.05) is 25.5 Å². The van der Waals surface area contributed by atoms with Gasteiger partial charge in [-0.05, 0) is 53.1 Å². The Hall–Kier alpha value is -2.24. The SMILES string of the molecule is Fc1ccc(CNCP2CN(Cc3ccc(F)cc3)CN(Cc3ccc(F)cc3)C2)cc1. The smallest absolute Gasteiger partial charge is 0.123 e. The van der Waals surface area contributed by atoms with Crippen LogP contribution in [0.5, 0.6) is 0 Å². The van der Waals surface area contributed by atoms with Crippen LogP contribution in [0.4, 0.5) is 13.2 Å². The summed E-state index contributed by atoms with van der Waals surface area (Å²) in [6.07, 6.45) is 2.87. The summed E-state index contributed by atoms with van der Waals surface area (Å²) in [7, 11) is -0.339. The number of benzene rings is 3. The molecule has 4 rings (SSSR count). The number of nitrogens with zero attached hydrogens (tertiary/aromatic N) is 2. The standard InChI is InChI=1S/C25H27F3N3P/c26-23-7-1-20(2-8-23)13-29-16-32-18-30(14-21-3-9-24(27)10-4-21)17-31(19-32)15-22-5-11-25(28)12-6-22/h1-12,29H,13-19H2. The first kappa shape index (κ1) is 22.9. The molecule has 7 heteroatoms. The molecule has 0 aromatic heterocycles. The third kappa shape index (κ3) is 6.88. The molecule has 168 valence electrons. The first-order valence-electron chi connectivity index (χ1n) is 10.6. The van der Waals surface area contributed by atoms with Gasteiger partial charge in [-0.3, -0.25) is 9.80 Å². The summed E-state index contributed by atoms with van der Waals surface area (Å²) in [4.78, 5) is 4.79. The van der Waals surface area contributed by atoms with E-state index in [1.54, 1.807) is 12.1 Å². The van der Waals surface area contributed by atoms with Gasteiger partial charge in [-0.15, -0.1) is 0 Å². The molecule has 32 heavy (non-hydrogen) atoms. The summed E-state index contributed by atoms with van der Waals surface area (Å²) in [5, 5.41) is 3.53. The monoisotopic (exact) mass is 457 g/mol. The van der Waals surface area contributed by atoms with Crippen molar-refractivity contribution in [2.45, 2.75) is 19.6 Å². The summed E-state index contributed by atoms with van der Waals surface area (Å²) in [5.74, 6) is -0.673. The van der Waals surface area contributed by atoms with E-state index in [0.29, 0.717) is 6.54 Å². The minimum Gasteiger partial charge on any atom is -0.309 e. The Balaban J connectivity index is 1.38. The summed E-state index contributed by atoms with van der Waals surface area (Å²) >= 11 is 0. The molecule has 0 bridgehead atoms. The average Bonchev–Trinajstić information content (AvgIpc) is 2.78.